The highest BCUT2D eigenvalue weighted by Crippen LogP contribution is 2.47. The van der Waals surface area contributed by atoms with E-state index >= 15 is 4.39 Å². The lowest BCUT2D eigenvalue weighted by molar-refractivity contribution is 0.0368. The zero-order valence-electron chi connectivity index (χ0n) is 28.4. The Bertz CT molecular complexity index is 2420. The van der Waals surface area contributed by atoms with Crippen molar-refractivity contribution in [1.82, 2.24) is 34.5 Å². The van der Waals surface area contributed by atoms with E-state index in [2.05, 4.69) is 20.0 Å². The molecule has 1 unspecified atom stereocenters. The van der Waals surface area contributed by atoms with Gasteiger partial charge in [-0.15, -0.1) is 16.4 Å². The zero-order chi connectivity index (χ0) is 37.0. The Morgan fingerprint density at radius 3 is 2.74 bits per heavy atom. The molecule has 9 rings (SSSR count). The molecule has 1 amide bonds. The van der Waals surface area contributed by atoms with Crippen molar-refractivity contribution in [2.24, 2.45) is 0 Å². The van der Waals surface area contributed by atoms with Gasteiger partial charge in [-0.1, -0.05) is 17.7 Å². The summed E-state index contributed by atoms with van der Waals surface area (Å²) in [6.45, 7) is 3.55. The van der Waals surface area contributed by atoms with Crippen molar-refractivity contribution in [3.05, 3.63) is 57.2 Å². The lowest BCUT2D eigenvalue weighted by atomic mass is 9.82. The number of aromatic nitrogens is 5. The van der Waals surface area contributed by atoms with Crippen LogP contribution in [0.25, 0.3) is 32.1 Å². The quantitative estimate of drug-likeness (QED) is 0.176. The second-order valence-corrected chi connectivity index (χ2v) is 16.6. The number of thiophene rings is 1. The summed E-state index contributed by atoms with van der Waals surface area (Å²) in [4.78, 5) is 31.3. The predicted molar refractivity (Wildman–Crippen MR) is 194 cm³/mol. The summed E-state index contributed by atoms with van der Waals surface area (Å²) in [6.07, 6.45) is 3.57. The number of rotatable bonds is 7. The van der Waals surface area contributed by atoms with Crippen LogP contribution in [0.1, 0.15) is 68.4 Å². The molecule has 1 saturated carbocycles. The van der Waals surface area contributed by atoms with Crippen molar-refractivity contribution < 1.29 is 22.7 Å². The Labute approximate surface area is 315 Å². The van der Waals surface area contributed by atoms with E-state index in [9.17, 15) is 18.8 Å². The molecule has 1 aliphatic carbocycles. The van der Waals surface area contributed by atoms with Crippen LogP contribution in [0.2, 0.25) is 10.3 Å². The number of amides is 1. The van der Waals surface area contributed by atoms with Crippen LogP contribution in [0.3, 0.4) is 0 Å². The molecular formula is C36H32Cl2F3N9O2S. The van der Waals surface area contributed by atoms with Gasteiger partial charge >= 0.3 is 12.0 Å². The summed E-state index contributed by atoms with van der Waals surface area (Å²) in [6, 6.07) is 5.64. The summed E-state index contributed by atoms with van der Waals surface area (Å²) in [7, 11) is 0. The minimum Gasteiger partial charge on any atom is -0.461 e. The number of anilines is 1. The maximum atomic E-state index is 17.1. The molecule has 4 aliphatic rings. The summed E-state index contributed by atoms with van der Waals surface area (Å²) >= 11 is 13.9. The van der Waals surface area contributed by atoms with Crippen LogP contribution in [0.4, 0.5) is 23.0 Å². The van der Waals surface area contributed by atoms with Crippen LogP contribution in [-0.2, 0) is 6.42 Å². The van der Waals surface area contributed by atoms with Crippen LogP contribution >= 0.6 is 34.5 Å². The van der Waals surface area contributed by atoms with E-state index in [0.29, 0.717) is 42.8 Å². The fourth-order valence-corrected chi connectivity index (χ4v) is 9.88. The average molecular weight is 783 g/mol. The van der Waals surface area contributed by atoms with Gasteiger partial charge in [0.1, 0.15) is 41.0 Å². The minimum atomic E-state index is -0.978. The van der Waals surface area contributed by atoms with Gasteiger partial charge in [0, 0.05) is 53.7 Å². The molecule has 3 aliphatic heterocycles. The van der Waals surface area contributed by atoms with Crippen molar-refractivity contribution in [2.75, 3.05) is 32.0 Å². The number of carbonyl (C=O) groups is 1. The van der Waals surface area contributed by atoms with E-state index in [0.717, 1.165) is 43.6 Å². The van der Waals surface area contributed by atoms with Crippen LogP contribution in [0, 0.1) is 23.0 Å². The molecule has 2 aromatic carbocycles. The first-order valence-corrected chi connectivity index (χ1v) is 19.0. The fraction of sp³-hybridized carbons (Fsp3) is 0.444. The van der Waals surface area contributed by atoms with Gasteiger partial charge < -0.3 is 15.4 Å². The smallest absolute Gasteiger partial charge is 0.346 e. The van der Waals surface area contributed by atoms with Gasteiger partial charge in [-0.05, 0) is 74.9 Å². The van der Waals surface area contributed by atoms with Gasteiger partial charge in [0.15, 0.2) is 5.82 Å². The topological polar surface area (TPSA) is 139 Å². The fourth-order valence-electron chi connectivity index (χ4n) is 8.47. The lowest BCUT2D eigenvalue weighted by Gasteiger charge is -2.50. The molecule has 3 saturated heterocycles. The zero-order valence-corrected chi connectivity index (χ0v) is 30.8. The molecule has 5 aromatic rings. The number of likely N-dealkylation sites (tertiary alicyclic amines) is 1. The first-order chi connectivity index (χ1) is 25.4. The highest BCUT2D eigenvalue weighted by Gasteiger charge is 2.50. The molecule has 3 aromatic heterocycles. The Morgan fingerprint density at radius 1 is 1.19 bits per heavy atom. The molecule has 274 valence electrons. The van der Waals surface area contributed by atoms with Gasteiger partial charge in [-0.25, -0.2) is 22.9 Å². The van der Waals surface area contributed by atoms with Gasteiger partial charge in [0.2, 0.25) is 5.28 Å². The summed E-state index contributed by atoms with van der Waals surface area (Å²) in [5, 5.41) is 14.6. The number of nitrogens with two attached hydrogens (primary N) is 1. The molecule has 17 heteroatoms. The molecule has 53 heavy (non-hydrogen) atoms. The maximum absolute atomic E-state index is 17.1. The Hall–Kier alpha value is -4.23. The largest absolute Gasteiger partial charge is 0.461 e. The molecule has 6 heterocycles. The standard InChI is InChI=1S/C36H32Cl2F3N9O2S/c1-35(8-10-49(35)34(51)50-31(17-3-4-17)46-32(38)47-50)13-24-20-11-22(37)26(19-5-6-23(40)29-25(19)21(14-42)30(43)53-29)27(41)28(20)45-33(44-24)52-16-36-7-2-9-48(36)15-18(39)12-36/h5-6,11,17-18H,2-4,7-10,12-13,15-16,43H2,1H3/t18-,35?,36+/m1/s1. The third-order valence-corrected chi connectivity index (χ3v) is 12.9. The van der Waals surface area contributed by atoms with E-state index in [-0.39, 0.29) is 78.6 Å². The summed E-state index contributed by atoms with van der Waals surface area (Å²) in [5.41, 5.74) is 5.17. The monoisotopic (exact) mass is 781 g/mol. The summed E-state index contributed by atoms with van der Waals surface area (Å²) < 4.78 is 54.4. The van der Waals surface area contributed by atoms with E-state index in [1.807, 2.05) is 13.0 Å². The highest BCUT2D eigenvalue weighted by molar-refractivity contribution is 7.23. The third kappa shape index (κ3) is 5.51. The predicted octanol–water partition coefficient (Wildman–Crippen LogP) is 7.65. The average Bonchev–Trinajstić information content (AvgIpc) is 3.47. The highest BCUT2D eigenvalue weighted by atomic mass is 35.5. The van der Waals surface area contributed by atoms with Gasteiger partial charge in [-0.2, -0.15) is 19.9 Å². The first kappa shape index (κ1) is 34.5. The number of hydrogen-bond acceptors (Lipinski definition) is 10. The number of alkyl halides is 1. The SMILES string of the molecule is CC1(Cc2nc(OC[C@@]34CCCN3C[C@H](F)C4)nc3c(F)c(-c4ccc(F)c5sc(N)c(C#N)c45)c(Cl)cc23)CCN1C(=O)n1nc(Cl)nc1C1CC1. The number of nitriles is 1. The van der Waals surface area contributed by atoms with Crippen LogP contribution in [0.15, 0.2) is 18.2 Å². The number of ether oxygens (including phenoxy) is 1. The van der Waals surface area contributed by atoms with Gasteiger partial charge in [0.05, 0.1) is 26.5 Å². The molecular weight excluding hydrogens is 750 g/mol. The number of fused-ring (bicyclic) bond motifs is 3. The molecule has 2 N–H and O–H groups in total. The number of hydrogen-bond donors (Lipinski definition) is 1. The molecule has 11 nitrogen and oxygen atoms in total. The van der Waals surface area contributed by atoms with Crippen LogP contribution in [0.5, 0.6) is 6.01 Å². The Balaban J connectivity index is 1.15. The Kier molecular flexibility index (Phi) is 8.08. The maximum Gasteiger partial charge on any atom is 0.346 e. The number of carbonyl (C=O) groups excluding carboxylic acids is 1. The molecule has 4 fully saturated rings. The Morgan fingerprint density at radius 2 is 2.00 bits per heavy atom. The molecule has 0 spiro atoms. The van der Waals surface area contributed by atoms with E-state index in [1.54, 1.807) is 11.0 Å². The van der Waals surface area contributed by atoms with Crippen LogP contribution in [-0.4, -0.2) is 84.1 Å². The van der Waals surface area contributed by atoms with Crippen LogP contribution < -0.4 is 10.5 Å². The number of halogens is 5. The number of nitrogen functional groups attached to an aromatic ring is 1. The van der Waals surface area contributed by atoms with E-state index in [1.165, 1.54) is 16.8 Å². The van der Waals surface area contributed by atoms with E-state index < -0.39 is 28.9 Å². The lowest BCUT2D eigenvalue weighted by Crippen LogP contribution is -2.62. The van der Waals surface area contributed by atoms with Crippen molar-refractivity contribution in [3.8, 4) is 23.2 Å². The van der Waals surface area contributed by atoms with E-state index in [4.69, 9.17) is 38.7 Å². The van der Waals surface area contributed by atoms with Crippen molar-refractivity contribution in [2.45, 2.75) is 75.0 Å². The second-order valence-electron chi connectivity index (χ2n) is 14.8. The number of benzene rings is 2. The summed E-state index contributed by atoms with van der Waals surface area (Å²) in [5.74, 6) is -0.779. The van der Waals surface area contributed by atoms with Crippen molar-refractivity contribution in [1.29, 1.82) is 5.26 Å². The minimum absolute atomic E-state index is 0.000850. The second kappa shape index (κ2) is 12.4. The normalized spacial score (nSPS) is 24.2. The number of nitrogens with zero attached hydrogens (tertiary/aromatic N) is 8. The molecule has 0 radical (unpaired) electrons. The molecule has 0 bridgehead atoms. The third-order valence-electron chi connectivity index (χ3n) is 11.4. The molecule has 3 atom stereocenters. The van der Waals surface area contributed by atoms with Crippen molar-refractivity contribution >= 4 is 66.6 Å². The van der Waals surface area contributed by atoms with Gasteiger partial charge in [0.25, 0.3) is 0 Å². The van der Waals surface area contributed by atoms with Crippen molar-refractivity contribution in [3.63, 3.8) is 0 Å². The first-order valence-electron chi connectivity index (χ1n) is 17.5. The van der Waals surface area contributed by atoms with Gasteiger partial charge in [-0.3, -0.25) is 4.90 Å².